The molecule has 0 radical (unpaired) electrons. The topological polar surface area (TPSA) is 41.8 Å². The van der Waals surface area contributed by atoms with Gasteiger partial charge in [-0.2, -0.15) is 0 Å². The van der Waals surface area contributed by atoms with Gasteiger partial charge in [-0.15, -0.1) is 0 Å². The van der Waals surface area contributed by atoms with E-state index in [1.54, 1.807) is 0 Å². The summed E-state index contributed by atoms with van der Waals surface area (Å²) in [5, 5.41) is 0. The van der Waals surface area contributed by atoms with E-state index in [1.807, 2.05) is 19.1 Å². The molecular formula is C9H7BrN2O. The maximum absolute atomic E-state index is 11.3. The largest absolute Gasteiger partial charge is 0.271 e. The molecule has 1 heterocycles. The highest BCUT2D eigenvalue weighted by molar-refractivity contribution is 9.12. The molecule has 0 saturated carbocycles. The van der Waals surface area contributed by atoms with Crippen LogP contribution in [0.5, 0.6) is 0 Å². The summed E-state index contributed by atoms with van der Waals surface area (Å²) in [5.74, 6) is -0.436. The average Bonchev–Trinajstić information content (AvgIpc) is 2.09. The Hall–Kier alpha value is -1.03. The molecule has 0 aromatic rings. The van der Waals surface area contributed by atoms with E-state index in [0.29, 0.717) is 0 Å². The van der Waals surface area contributed by atoms with Gasteiger partial charge < -0.3 is 0 Å². The number of carbonyl (C=O) groups excluding carboxylic acids is 1. The summed E-state index contributed by atoms with van der Waals surface area (Å²) < 4.78 is 0.946. The van der Waals surface area contributed by atoms with Gasteiger partial charge in [0.05, 0.1) is 5.71 Å². The van der Waals surface area contributed by atoms with E-state index >= 15 is 0 Å². The van der Waals surface area contributed by atoms with Crippen LogP contribution in [0.3, 0.4) is 0 Å². The lowest BCUT2D eigenvalue weighted by Gasteiger charge is -2.18. The standard InChI is InChI=1S/C9H7BrN2O/c1-5-2-8-6(3-7(5)10)9(13)12-4-11-8/h2-4,6H,1H3. The monoisotopic (exact) mass is 238 g/mol. The van der Waals surface area contributed by atoms with Gasteiger partial charge in [-0.1, -0.05) is 22.0 Å². The van der Waals surface area contributed by atoms with Crippen molar-refractivity contribution in [3.8, 4) is 0 Å². The van der Waals surface area contributed by atoms with E-state index in [0.717, 1.165) is 15.8 Å². The smallest absolute Gasteiger partial charge is 0.260 e. The van der Waals surface area contributed by atoms with Crippen LogP contribution in [0.4, 0.5) is 0 Å². The summed E-state index contributed by atoms with van der Waals surface area (Å²) in [5.41, 5.74) is 1.86. The number of halogens is 1. The van der Waals surface area contributed by atoms with Crippen molar-refractivity contribution in [2.24, 2.45) is 15.9 Å². The molecule has 0 bridgehead atoms. The zero-order valence-electron chi connectivity index (χ0n) is 6.99. The number of hydrogen-bond acceptors (Lipinski definition) is 2. The third kappa shape index (κ3) is 1.42. The number of rotatable bonds is 0. The Kier molecular flexibility index (Phi) is 2.00. The van der Waals surface area contributed by atoms with Gasteiger partial charge in [-0.3, -0.25) is 4.79 Å². The van der Waals surface area contributed by atoms with Gasteiger partial charge in [0.1, 0.15) is 12.3 Å². The quantitative estimate of drug-likeness (QED) is 0.636. The minimum Gasteiger partial charge on any atom is -0.271 e. The minimum absolute atomic E-state index is 0.147. The van der Waals surface area contributed by atoms with Crippen molar-refractivity contribution < 1.29 is 4.79 Å². The summed E-state index contributed by atoms with van der Waals surface area (Å²) >= 11 is 3.38. The fourth-order valence-electron chi connectivity index (χ4n) is 1.29. The fraction of sp³-hybridized carbons (Fsp3) is 0.222. The lowest BCUT2D eigenvalue weighted by molar-refractivity contribution is -0.118. The normalized spacial score (nSPS) is 26.2. The van der Waals surface area contributed by atoms with E-state index < -0.39 is 0 Å². The highest BCUT2D eigenvalue weighted by Gasteiger charge is 2.26. The summed E-state index contributed by atoms with van der Waals surface area (Å²) in [6, 6.07) is 0. The predicted molar refractivity (Wildman–Crippen MR) is 55.2 cm³/mol. The minimum atomic E-state index is -0.289. The second-order valence-corrected chi connectivity index (χ2v) is 3.81. The molecular weight excluding hydrogens is 232 g/mol. The van der Waals surface area contributed by atoms with Gasteiger partial charge in [0.15, 0.2) is 0 Å². The van der Waals surface area contributed by atoms with E-state index in [9.17, 15) is 4.79 Å². The molecule has 0 saturated heterocycles. The van der Waals surface area contributed by atoms with E-state index in [4.69, 9.17) is 0 Å². The number of aliphatic imine (C=N–C) groups is 2. The molecule has 3 nitrogen and oxygen atoms in total. The summed E-state index contributed by atoms with van der Waals surface area (Å²) in [6.45, 7) is 1.97. The van der Waals surface area contributed by atoms with Crippen molar-refractivity contribution in [3.05, 3.63) is 22.2 Å². The van der Waals surface area contributed by atoms with E-state index in [2.05, 4.69) is 25.9 Å². The first kappa shape index (κ1) is 8.56. The zero-order chi connectivity index (χ0) is 9.42. The number of carbonyl (C=O) groups is 1. The maximum Gasteiger partial charge on any atom is 0.260 e. The van der Waals surface area contributed by atoms with Crippen molar-refractivity contribution >= 4 is 33.9 Å². The van der Waals surface area contributed by atoms with Crippen LogP contribution in [-0.2, 0) is 4.79 Å². The Morgan fingerprint density at radius 2 is 2.31 bits per heavy atom. The molecule has 0 aromatic heterocycles. The first-order valence-corrected chi connectivity index (χ1v) is 4.68. The molecule has 1 atom stereocenters. The van der Waals surface area contributed by atoms with Gasteiger partial charge in [-0.05, 0) is 18.6 Å². The third-order valence-electron chi connectivity index (χ3n) is 2.03. The second-order valence-electron chi connectivity index (χ2n) is 2.96. The molecule has 0 spiro atoms. The Labute approximate surface area is 84.1 Å². The lowest BCUT2D eigenvalue weighted by Crippen LogP contribution is -2.25. The van der Waals surface area contributed by atoms with Gasteiger partial charge >= 0.3 is 0 Å². The van der Waals surface area contributed by atoms with Gasteiger partial charge in [0.25, 0.3) is 5.91 Å². The molecule has 13 heavy (non-hydrogen) atoms. The molecule has 2 aliphatic rings. The maximum atomic E-state index is 11.3. The van der Waals surface area contributed by atoms with E-state index in [-0.39, 0.29) is 11.8 Å². The van der Waals surface area contributed by atoms with E-state index in [1.165, 1.54) is 6.34 Å². The van der Waals surface area contributed by atoms with Crippen molar-refractivity contribution in [1.29, 1.82) is 0 Å². The highest BCUT2D eigenvalue weighted by Crippen LogP contribution is 2.27. The molecule has 1 aliphatic carbocycles. The first-order chi connectivity index (χ1) is 6.18. The second kappa shape index (κ2) is 3.03. The van der Waals surface area contributed by atoms with Crippen LogP contribution in [0.2, 0.25) is 0 Å². The molecule has 1 unspecified atom stereocenters. The number of allylic oxidation sites excluding steroid dienone is 3. The summed E-state index contributed by atoms with van der Waals surface area (Å²) in [6.07, 6.45) is 5.05. The number of nitrogens with zero attached hydrogens (tertiary/aromatic N) is 2. The molecule has 1 amide bonds. The van der Waals surface area contributed by atoms with Crippen LogP contribution in [0, 0.1) is 5.92 Å². The van der Waals surface area contributed by atoms with Gasteiger partial charge in [0, 0.05) is 4.48 Å². The van der Waals surface area contributed by atoms with Crippen LogP contribution in [-0.4, -0.2) is 18.0 Å². The Morgan fingerprint density at radius 3 is 3.08 bits per heavy atom. The van der Waals surface area contributed by atoms with Crippen molar-refractivity contribution in [3.63, 3.8) is 0 Å². The summed E-state index contributed by atoms with van der Waals surface area (Å²) in [4.78, 5) is 19.0. The SMILES string of the molecule is CC1=CC2=NC=NC(=O)C2C=C1Br. The molecule has 0 fully saturated rings. The molecule has 0 N–H and O–H groups in total. The number of fused-ring (bicyclic) bond motifs is 1. The highest BCUT2D eigenvalue weighted by atomic mass is 79.9. The zero-order valence-corrected chi connectivity index (χ0v) is 8.58. The Balaban J connectivity index is 2.47. The molecule has 0 aromatic carbocycles. The molecule has 66 valence electrons. The average molecular weight is 239 g/mol. The van der Waals surface area contributed by atoms with Crippen LogP contribution >= 0.6 is 15.9 Å². The summed E-state index contributed by atoms with van der Waals surface area (Å²) in [7, 11) is 0. The van der Waals surface area contributed by atoms with Crippen molar-refractivity contribution in [1.82, 2.24) is 0 Å². The Bertz CT molecular complexity index is 390. The third-order valence-corrected chi connectivity index (χ3v) is 2.92. The number of hydrogen-bond donors (Lipinski definition) is 0. The molecule has 2 rings (SSSR count). The lowest BCUT2D eigenvalue weighted by atomic mass is 9.94. The van der Waals surface area contributed by atoms with Gasteiger partial charge in [-0.25, -0.2) is 9.98 Å². The van der Waals surface area contributed by atoms with Crippen LogP contribution in [0.1, 0.15) is 6.92 Å². The van der Waals surface area contributed by atoms with Crippen molar-refractivity contribution in [2.45, 2.75) is 6.92 Å². The van der Waals surface area contributed by atoms with Crippen LogP contribution < -0.4 is 0 Å². The predicted octanol–water partition coefficient (Wildman–Crippen LogP) is 1.85. The fourth-order valence-corrected chi connectivity index (χ4v) is 1.67. The van der Waals surface area contributed by atoms with Crippen LogP contribution in [0.25, 0.3) is 0 Å². The van der Waals surface area contributed by atoms with Gasteiger partial charge in [0.2, 0.25) is 0 Å². The molecule has 4 heteroatoms. The number of amides is 1. The first-order valence-electron chi connectivity index (χ1n) is 3.88. The van der Waals surface area contributed by atoms with Crippen molar-refractivity contribution in [2.75, 3.05) is 0 Å². The Morgan fingerprint density at radius 1 is 1.54 bits per heavy atom. The molecule has 1 aliphatic heterocycles. The van der Waals surface area contributed by atoms with Crippen LogP contribution in [0.15, 0.2) is 32.2 Å².